The highest BCUT2D eigenvalue weighted by Gasteiger charge is 1.94. The third-order valence-electron chi connectivity index (χ3n) is 1.09. The first-order chi connectivity index (χ1) is 4.34. The van der Waals surface area contributed by atoms with Gasteiger partial charge in [-0.3, -0.25) is 0 Å². The average molecular weight is 154 g/mol. The molecular formula is C7H11AlO2. The molecule has 3 heteroatoms. The Morgan fingerprint density at radius 3 is 2.30 bits per heavy atom. The van der Waals surface area contributed by atoms with E-state index in [0.29, 0.717) is 5.75 Å². The van der Waals surface area contributed by atoms with Crippen LogP contribution in [-0.2, 0) is 0 Å². The molecule has 0 unspecified atom stereocenters. The van der Waals surface area contributed by atoms with Gasteiger partial charge in [-0.05, 0) is 12.1 Å². The fourth-order valence-electron chi connectivity index (χ4n) is 0.630. The lowest BCUT2D eigenvalue weighted by Crippen LogP contribution is -1.80. The van der Waals surface area contributed by atoms with Gasteiger partial charge in [0.1, 0.15) is 0 Å². The number of hydrogen-bond donors (Lipinski definition) is 1. The fourth-order valence-corrected chi connectivity index (χ4v) is 0.630. The average Bonchev–Trinajstić information content (AvgIpc) is 1.89. The van der Waals surface area contributed by atoms with Crippen molar-refractivity contribution in [3.63, 3.8) is 0 Å². The van der Waals surface area contributed by atoms with Gasteiger partial charge in [0.2, 0.25) is 0 Å². The number of ether oxygens (including phenoxy) is 1. The van der Waals surface area contributed by atoms with Gasteiger partial charge in [-0.2, -0.15) is 0 Å². The van der Waals surface area contributed by atoms with Gasteiger partial charge >= 0.3 is 0 Å². The van der Waals surface area contributed by atoms with Crippen molar-refractivity contribution in [1.82, 2.24) is 0 Å². The van der Waals surface area contributed by atoms with E-state index in [1.54, 1.807) is 24.3 Å². The summed E-state index contributed by atoms with van der Waals surface area (Å²) in [4.78, 5) is 0. The van der Waals surface area contributed by atoms with Crippen molar-refractivity contribution >= 4 is 17.4 Å². The number of phenols is 1. The molecule has 0 atom stereocenters. The van der Waals surface area contributed by atoms with E-state index in [0.717, 1.165) is 0 Å². The van der Waals surface area contributed by atoms with Crippen molar-refractivity contribution in [2.75, 3.05) is 7.11 Å². The molecule has 1 aromatic carbocycles. The van der Waals surface area contributed by atoms with Crippen LogP contribution in [0.15, 0.2) is 24.3 Å². The van der Waals surface area contributed by atoms with E-state index >= 15 is 0 Å². The minimum atomic E-state index is 0. The molecule has 0 amide bonds. The summed E-state index contributed by atoms with van der Waals surface area (Å²) >= 11 is 0. The molecule has 0 aliphatic heterocycles. The van der Waals surface area contributed by atoms with Crippen LogP contribution in [0, 0.1) is 0 Å². The second-order valence-electron chi connectivity index (χ2n) is 1.67. The third-order valence-corrected chi connectivity index (χ3v) is 1.09. The molecule has 0 bridgehead atoms. The molecule has 0 aliphatic carbocycles. The maximum Gasteiger partial charge on any atom is 0.187 e. The van der Waals surface area contributed by atoms with Crippen LogP contribution in [-0.4, -0.2) is 29.6 Å². The van der Waals surface area contributed by atoms with Crippen LogP contribution in [0.3, 0.4) is 0 Å². The molecule has 1 rings (SSSR count). The number of rotatable bonds is 1. The lowest BCUT2D eigenvalue weighted by molar-refractivity contribution is 0.373. The molecule has 0 heterocycles. The highest BCUT2D eigenvalue weighted by Crippen LogP contribution is 2.22. The first-order valence-electron chi connectivity index (χ1n) is 2.66. The van der Waals surface area contributed by atoms with E-state index in [2.05, 4.69) is 0 Å². The molecule has 0 fully saturated rings. The molecule has 54 valence electrons. The Morgan fingerprint density at radius 2 is 1.90 bits per heavy atom. The second kappa shape index (κ2) is 4.21. The minimum Gasteiger partial charge on any atom is -0.504 e. The molecule has 0 saturated heterocycles. The van der Waals surface area contributed by atoms with Crippen LogP contribution in [0.25, 0.3) is 0 Å². The first kappa shape index (κ1) is 9.35. The van der Waals surface area contributed by atoms with Crippen molar-refractivity contribution in [3.05, 3.63) is 24.3 Å². The van der Waals surface area contributed by atoms with E-state index in [1.165, 1.54) is 7.11 Å². The number of methoxy groups -OCH3 is 1. The minimum absolute atomic E-state index is 0. The Balaban J connectivity index is 0.000000810. The number of aromatic hydroxyl groups is 1. The van der Waals surface area contributed by atoms with Crippen molar-refractivity contribution in [3.8, 4) is 11.5 Å². The van der Waals surface area contributed by atoms with E-state index in [4.69, 9.17) is 9.84 Å². The zero-order valence-electron chi connectivity index (χ0n) is 5.16. The Labute approximate surface area is 70.6 Å². The summed E-state index contributed by atoms with van der Waals surface area (Å²) in [7, 11) is 1.52. The highest BCUT2D eigenvalue weighted by molar-refractivity contribution is 5.75. The standard InChI is InChI=1S/C7H8O2.Al.3H/c1-9-7-5-3-2-4-6(7)8;;;;/h2-5,8H,1H3;;;;. The quantitative estimate of drug-likeness (QED) is 0.586. The van der Waals surface area contributed by atoms with Crippen LogP contribution in [0.1, 0.15) is 0 Å². The van der Waals surface area contributed by atoms with Crippen molar-refractivity contribution in [2.45, 2.75) is 0 Å². The summed E-state index contributed by atoms with van der Waals surface area (Å²) in [5.41, 5.74) is 0. The molecule has 1 N–H and O–H groups in total. The molecule has 10 heavy (non-hydrogen) atoms. The van der Waals surface area contributed by atoms with E-state index < -0.39 is 0 Å². The maximum absolute atomic E-state index is 8.99. The molecule has 0 spiro atoms. The molecule has 2 nitrogen and oxygen atoms in total. The van der Waals surface area contributed by atoms with E-state index in [1.807, 2.05) is 0 Å². The van der Waals surface area contributed by atoms with E-state index in [-0.39, 0.29) is 23.1 Å². The Morgan fingerprint density at radius 1 is 1.30 bits per heavy atom. The number of phenolic OH excluding ortho intramolecular Hbond substituents is 1. The predicted octanol–water partition coefficient (Wildman–Crippen LogP) is 0.217. The van der Waals surface area contributed by atoms with Gasteiger partial charge in [0.05, 0.1) is 7.11 Å². The van der Waals surface area contributed by atoms with Crippen molar-refractivity contribution in [2.24, 2.45) is 0 Å². The van der Waals surface area contributed by atoms with Gasteiger partial charge in [0.15, 0.2) is 28.9 Å². The highest BCUT2D eigenvalue weighted by atomic mass is 27.0. The van der Waals surface area contributed by atoms with Crippen molar-refractivity contribution in [1.29, 1.82) is 0 Å². The van der Waals surface area contributed by atoms with Crippen molar-refractivity contribution < 1.29 is 9.84 Å². The van der Waals surface area contributed by atoms with Gasteiger partial charge in [-0.1, -0.05) is 12.1 Å². The Kier molecular flexibility index (Phi) is 3.94. The molecule has 1 aromatic rings. The smallest absolute Gasteiger partial charge is 0.187 e. The van der Waals surface area contributed by atoms with Gasteiger partial charge in [-0.15, -0.1) is 0 Å². The van der Waals surface area contributed by atoms with Gasteiger partial charge in [-0.25, -0.2) is 0 Å². The number of hydrogen-bond acceptors (Lipinski definition) is 2. The zero-order chi connectivity index (χ0) is 6.69. The maximum atomic E-state index is 8.99. The SMILES string of the molecule is COc1ccccc1O.[AlH3]. The summed E-state index contributed by atoms with van der Waals surface area (Å²) in [6.07, 6.45) is 0. The Bertz CT molecular complexity index is 201. The molecule has 0 saturated carbocycles. The van der Waals surface area contributed by atoms with Crippen LogP contribution < -0.4 is 4.74 Å². The lowest BCUT2D eigenvalue weighted by Gasteiger charge is -1.99. The third kappa shape index (κ3) is 1.94. The van der Waals surface area contributed by atoms with Crippen LogP contribution in [0.4, 0.5) is 0 Å². The van der Waals surface area contributed by atoms with Gasteiger partial charge in [0.25, 0.3) is 0 Å². The topological polar surface area (TPSA) is 29.5 Å². The summed E-state index contributed by atoms with van der Waals surface area (Å²) in [5.74, 6) is 0.692. The fraction of sp³-hybridized carbons (Fsp3) is 0.143. The summed E-state index contributed by atoms with van der Waals surface area (Å²) in [5, 5.41) is 8.99. The molecular weight excluding hydrogens is 143 g/mol. The molecule has 0 aliphatic rings. The number of para-hydroxylation sites is 2. The Hall–Kier alpha value is -0.648. The van der Waals surface area contributed by atoms with E-state index in [9.17, 15) is 0 Å². The van der Waals surface area contributed by atoms with Gasteiger partial charge in [0, 0.05) is 0 Å². The van der Waals surface area contributed by atoms with Crippen LogP contribution in [0.2, 0.25) is 0 Å². The second-order valence-corrected chi connectivity index (χ2v) is 1.67. The zero-order valence-corrected chi connectivity index (χ0v) is 5.16. The molecule has 0 radical (unpaired) electrons. The normalized spacial score (nSPS) is 8.10. The summed E-state index contributed by atoms with van der Waals surface area (Å²) in [6.45, 7) is 0. The largest absolute Gasteiger partial charge is 0.504 e. The number of benzene rings is 1. The first-order valence-corrected chi connectivity index (χ1v) is 2.66. The predicted molar refractivity (Wildman–Crippen MR) is 44.6 cm³/mol. The van der Waals surface area contributed by atoms with Crippen LogP contribution >= 0.6 is 0 Å². The summed E-state index contributed by atoms with van der Waals surface area (Å²) in [6, 6.07) is 6.84. The monoisotopic (exact) mass is 154 g/mol. The molecule has 0 aromatic heterocycles. The lowest BCUT2D eigenvalue weighted by atomic mass is 10.3. The van der Waals surface area contributed by atoms with Gasteiger partial charge < -0.3 is 9.84 Å². The van der Waals surface area contributed by atoms with Crippen LogP contribution in [0.5, 0.6) is 11.5 Å². The summed E-state index contributed by atoms with van der Waals surface area (Å²) < 4.78 is 4.79.